The molecule has 0 spiro atoms. The molecular formula is C16H16N2O. The van der Waals surface area contributed by atoms with Gasteiger partial charge in [-0.2, -0.15) is 0 Å². The van der Waals surface area contributed by atoms with E-state index < -0.39 is 0 Å². The van der Waals surface area contributed by atoms with Crippen LogP contribution in [-0.4, -0.2) is 10.8 Å². The quantitative estimate of drug-likeness (QED) is 0.835. The number of benzene rings is 2. The molecule has 3 nitrogen and oxygen atoms in total. The number of amides is 1. The van der Waals surface area contributed by atoms with E-state index in [-0.39, 0.29) is 11.9 Å². The van der Waals surface area contributed by atoms with E-state index in [1.54, 1.807) is 0 Å². The van der Waals surface area contributed by atoms with Crippen molar-refractivity contribution in [2.45, 2.75) is 19.5 Å². The zero-order valence-electron chi connectivity index (χ0n) is 10.8. The first kappa shape index (κ1) is 11.8. The smallest absolute Gasteiger partial charge is 0.255 e. The second kappa shape index (κ2) is 4.43. The Balaban J connectivity index is 1.88. The van der Waals surface area contributed by atoms with Gasteiger partial charge in [0.25, 0.3) is 5.91 Å². The summed E-state index contributed by atoms with van der Waals surface area (Å²) < 4.78 is 0. The van der Waals surface area contributed by atoms with Crippen LogP contribution in [0.5, 0.6) is 0 Å². The van der Waals surface area contributed by atoms with E-state index in [1.165, 1.54) is 0 Å². The molecule has 2 aromatic rings. The van der Waals surface area contributed by atoms with Crippen molar-refractivity contribution in [2.75, 3.05) is 5.73 Å². The first-order valence-corrected chi connectivity index (χ1v) is 6.41. The Kier molecular flexibility index (Phi) is 2.75. The zero-order valence-corrected chi connectivity index (χ0v) is 10.8. The average Bonchev–Trinajstić information content (AvgIpc) is 2.67. The van der Waals surface area contributed by atoms with Crippen LogP contribution in [-0.2, 0) is 6.54 Å². The fourth-order valence-electron chi connectivity index (χ4n) is 2.58. The molecule has 1 atom stereocenters. The van der Waals surface area contributed by atoms with Crippen LogP contribution in [0.4, 0.5) is 5.69 Å². The van der Waals surface area contributed by atoms with E-state index in [0.29, 0.717) is 6.54 Å². The second-order valence-electron chi connectivity index (χ2n) is 4.94. The summed E-state index contributed by atoms with van der Waals surface area (Å²) in [6.07, 6.45) is 0. The van der Waals surface area contributed by atoms with Crippen LogP contribution in [0.15, 0.2) is 48.5 Å². The number of carbonyl (C=O) groups excluding carboxylic acids is 1. The highest BCUT2D eigenvalue weighted by Gasteiger charge is 2.33. The van der Waals surface area contributed by atoms with Gasteiger partial charge >= 0.3 is 0 Å². The van der Waals surface area contributed by atoms with Gasteiger partial charge in [-0.3, -0.25) is 4.79 Å². The van der Waals surface area contributed by atoms with E-state index >= 15 is 0 Å². The molecule has 1 aliphatic rings. The number of fused-ring (bicyclic) bond motifs is 1. The number of nitrogens with two attached hydrogens (primary N) is 1. The van der Waals surface area contributed by atoms with Gasteiger partial charge in [0.2, 0.25) is 0 Å². The molecule has 1 amide bonds. The van der Waals surface area contributed by atoms with Crippen LogP contribution >= 0.6 is 0 Å². The monoisotopic (exact) mass is 252 g/mol. The Labute approximate surface area is 112 Å². The largest absolute Gasteiger partial charge is 0.399 e. The van der Waals surface area contributed by atoms with Crippen molar-refractivity contribution in [2.24, 2.45) is 0 Å². The van der Waals surface area contributed by atoms with Crippen molar-refractivity contribution in [1.29, 1.82) is 0 Å². The topological polar surface area (TPSA) is 46.3 Å². The zero-order chi connectivity index (χ0) is 13.4. The Morgan fingerprint density at radius 2 is 1.79 bits per heavy atom. The third-order valence-electron chi connectivity index (χ3n) is 3.70. The number of hydrogen-bond acceptors (Lipinski definition) is 2. The lowest BCUT2D eigenvalue weighted by molar-refractivity contribution is 0.0723. The molecule has 0 saturated carbocycles. The van der Waals surface area contributed by atoms with E-state index in [9.17, 15) is 4.79 Å². The Morgan fingerprint density at radius 1 is 1.11 bits per heavy atom. The minimum absolute atomic E-state index is 0.111. The van der Waals surface area contributed by atoms with Gasteiger partial charge in [-0.25, -0.2) is 0 Å². The number of nitrogens with zero attached hydrogens (tertiary/aromatic N) is 1. The fourth-order valence-corrected chi connectivity index (χ4v) is 2.58. The Morgan fingerprint density at radius 3 is 2.47 bits per heavy atom. The molecule has 0 radical (unpaired) electrons. The molecule has 96 valence electrons. The van der Waals surface area contributed by atoms with Crippen molar-refractivity contribution >= 4 is 11.6 Å². The SMILES string of the molecule is CC1c2ccccc2C(=O)N1Cc1ccc(N)cc1. The van der Waals surface area contributed by atoms with Gasteiger partial charge in [-0.1, -0.05) is 30.3 Å². The van der Waals surface area contributed by atoms with Gasteiger partial charge in [0.1, 0.15) is 0 Å². The summed E-state index contributed by atoms with van der Waals surface area (Å²) in [4.78, 5) is 14.3. The summed E-state index contributed by atoms with van der Waals surface area (Å²) in [5.41, 5.74) is 9.46. The van der Waals surface area contributed by atoms with Gasteiger partial charge in [0, 0.05) is 17.8 Å². The van der Waals surface area contributed by atoms with E-state index in [1.807, 2.05) is 53.4 Å². The van der Waals surface area contributed by atoms with Gasteiger partial charge in [-0.15, -0.1) is 0 Å². The van der Waals surface area contributed by atoms with Crippen molar-refractivity contribution in [3.8, 4) is 0 Å². The third-order valence-corrected chi connectivity index (χ3v) is 3.70. The highest BCUT2D eigenvalue weighted by molar-refractivity contribution is 5.99. The molecule has 0 saturated heterocycles. The molecule has 2 aromatic carbocycles. The molecule has 1 aliphatic heterocycles. The number of carbonyl (C=O) groups is 1. The second-order valence-corrected chi connectivity index (χ2v) is 4.94. The van der Waals surface area contributed by atoms with Crippen LogP contribution in [0.3, 0.4) is 0 Å². The normalized spacial score (nSPS) is 17.6. The molecule has 3 rings (SSSR count). The highest BCUT2D eigenvalue weighted by Crippen LogP contribution is 2.34. The van der Waals surface area contributed by atoms with Gasteiger partial charge in [-0.05, 0) is 36.2 Å². The van der Waals surface area contributed by atoms with Crippen LogP contribution < -0.4 is 5.73 Å². The molecular weight excluding hydrogens is 236 g/mol. The van der Waals surface area contributed by atoms with Gasteiger partial charge in [0.05, 0.1) is 6.04 Å². The molecule has 3 heteroatoms. The highest BCUT2D eigenvalue weighted by atomic mass is 16.2. The maximum absolute atomic E-state index is 12.4. The van der Waals surface area contributed by atoms with Crippen LogP contribution in [0.2, 0.25) is 0 Å². The predicted octanol–water partition coefficient (Wildman–Crippen LogP) is 2.99. The van der Waals surface area contributed by atoms with Crippen molar-refractivity contribution in [3.05, 3.63) is 65.2 Å². The summed E-state index contributed by atoms with van der Waals surface area (Å²) in [6, 6.07) is 15.6. The van der Waals surface area contributed by atoms with E-state index in [4.69, 9.17) is 5.73 Å². The number of nitrogen functional groups attached to an aromatic ring is 1. The summed E-state index contributed by atoms with van der Waals surface area (Å²) in [7, 11) is 0. The lowest BCUT2D eigenvalue weighted by atomic mass is 10.1. The van der Waals surface area contributed by atoms with E-state index in [0.717, 1.165) is 22.4 Å². The number of hydrogen-bond donors (Lipinski definition) is 1. The molecule has 0 aliphatic carbocycles. The summed E-state index contributed by atoms with van der Waals surface area (Å²) in [5.74, 6) is 0.111. The minimum atomic E-state index is 0.111. The molecule has 0 aromatic heterocycles. The van der Waals surface area contributed by atoms with E-state index in [2.05, 4.69) is 6.92 Å². The third kappa shape index (κ3) is 1.97. The lowest BCUT2D eigenvalue weighted by Gasteiger charge is -2.22. The predicted molar refractivity (Wildman–Crippen MR) is 75.6 cm³/mol. The summed E-state index contributed by atoms with van der Waals surface area (Å²) in [6.45, 7) is 2.69. The molecule has 19 heavy (non-hydrogen) atoms. The first-order chi connectivity index (χ1) is 9.16. The van der Waals surface area contributed by atoms with Crippen LogP contribution in [0.25, 0.3) is 0 Å². The van der Waals surface area contributed by atoms with Crippen LogP contribution in [0, 0.1) is 0 Å². The summed E-state index contributed by atoms with van der Waals surface area (Å²) in [5, 5.41) is 0. The molecule has 1 heterocycles. The standard InChI is InChI=1S/C16H16N2O/c1-11-14-4-2-3-5-15(14)16(19)18(11)10-12-6-8-13(17)9-7-12/h2-9,11H,10,17H2,1H3. The maximum Gasteiger partial charge on any atom is 0.255 e. The molecule has 0 bridgehead atoms. The molecule has 1 unspecified atom stereocenters. The van der Waals surface area contributed by atoms with Crippen molar-refractivity contribution < 1.29 is 4.79 Å². The Bertz CT molecular complexity index is 619. The summed E-state index contributed by atoms with van der Waals surface area (Å²) >= 11 is 0. The first-order valence-electron chi connectivity index (χ1n) is 6.41. The van der Waals surface area contributed by atoms with Gasteiger partial charge in [0.15, 0.2) is 0 Å². The number of rotatable bonds is 2. The van der Waals surface area contributed by atoms with Crippen LogP contribution in [0.1, 0.15) is 34.5 Å². The van der Waals surface area contributed by atoms with Crippen molar-refractivity contribution in [3.63, 3.8) is 0 Å². The number of anilines is 1. The fraction of sp³-hybridized carbons (Fsp3) is 0.188. The Hall–Kier alpha value is -2.29. The van der Waals surface area contributed by atoms with Gasteiger partial charge < -0.3 is 10.6 Å². The minimum Gasteiger partial charge on any atom is -0.399 e. The molecule has 2 N–H and O–H groups in total. The maximum atomic E-state index is 12.4. The molecule has 0 fully saturated rings. The van der Waals surface area contributed by atoms with Crippen molar-refractivity contribution in [1.82, 2.24) is 4.90 Å². The lowest BCUT2D eigenvalue weighted by Crippen LogP contribution is -2.26. The average molecular weight is 252 g/mol.